The van der Waals surface area contributed by atoms with Gasteiger partial charge in [-0.3, -0.25) is 9.48 Å². The maximum atomic E-state index is 12.0. The van der Waals surface area contributed by atoms with Gasteiger partial charge in [0.1, 0.15) is 5.69 Å². The number of hydrogen-bond acceptors (Lipinski definition) is 4. The molecule has 0 saturated carbocycles. The van der Waals surface area contributed by atoms with E-state index in [0.29, 0.717) is 9.79 Å². The van der Waals surface area contributed by atoms with E-state index < -0.39 is 16.7 Å². The molecule has 88 valence electrons. The maximum absolute atomic E-state index is 12.0. The van der Waals surface area contributed by atoms with Crippen LogP contribution in [0.5, 0.6) is 0 Å². The lowest BCUT2D eigenvalue weighted by molar-refractivity contribution is 0.0995. The zero-order chi connectivity index (χ0) is 12.4. The molecule has 1 unspecified atom stereocenters. The lowest BCUT2D eigenvalue weighted by atomic mass is 10.3. The van der Waals surface area contributed by atoms with Crippen LogP contribution >= 0.6 is 0 Å². The summed E-state index contributed by atoms with van der Waals surface area (Å²) in [7, 11) is 0.400. The summed E-state index contributed by atoms with van der Waals surface area (Å²) in [6.07, 6.45) is 4.57. The van der Waals surface area contributed by atoms with Gasteiger partial charge in [-0.05, 0) is 12.1 Å². The van der Waals surface area contributed by atoms with Crippen LogP contribution in [0.15, 0.2) is 40.5 Å². The SMILES string of the molecule is Cn1cc(S(=O)c2ccc(C(N)=O)nc2)cn1. The number of carbonyl (C=O) groups is 1. The van der Waals surface area contributed by atoms with Gasteiger partial charge in [0.15, 0.2) is 0 Å². The Morgan fingerprint density at radius 2 is 2.12 bits per heavy atom. The normalized spacial score (nSPS) is 12.3. The number of nitrogens with zero attached hydrogens (tertiary/aromatic N) is 3. The van der Waals surface area contributed by atoms with Gasteiger partial charge < -0.3 is 5.73 Å². The summed E-state index contributed by atoms with van der Waals surface area (Å²) in [5, 5.41) is 3.94. The van der Waals surface area contributed by atoms with Crippen molar-refractivity contribution in [3.05, 3.63) is 36.4 Å². The lowest BCUT2D eigenvalue weighted by Gasteiger charge is -1.99. The lowest BCUT2D eigenvalue weighted by Crippen LogP contribution is -2.12. The summed E-state index contributed by atoms with van der Waals surface area (Å²) in [6.45, 7) is 0. The minimum Gasteiger partial charge on any atom is -0.364 e. The fourth-order valence-electron chi connectivity index (χ4n) is 1.27. The Labute approximate surface area is 99.9 Å². The number of aromatic nitrogens is 3. The number of primary amides is 1. The van der Waals surface area contributed by atoms with E-state index >= 15 is 0 Å². The molecule has 0 aliphatic carbocycles. The van der Waals surface area contributed by atoms with Gasteiger partial charge >= 0.3 is 0 Å². The maximum Gasteiger partial charge on any atom is 0.267 e. The molecule has 6 nitrogen and oxygen atoms in total. The third-order valence-corrected chi connectivity index (χ3v) is 3.41. The summed E-state index contributed by atoms with van der Waals surface area (Å²) in [5.41, 5.74) is 5.21. The van der Waals surface area contributed by atoms with Crippen LogP contribution < -0.4 is 5.73 Å². The van der Waals surface area contributed by atoms with Crippen molar-refractivity contribution in [3.8, 4) is 0 Å². The van der Waals surface area contributed by atoms with Crippen molar-refractivity contribution in [2.24, 2.45) is 12.8 Å². The second-order valence-electron chi connectivity index (χ2n) is 3.36. The van der Waals surface area contributed by atoms with Crippen LogP contribution in [0.3, 0.4) is 0 Å². The summed E-state index contributed by atoms with van der Waals surface area (Å²) in [4.78, 5) is 15.7. The van der Waals surface area contributed by atoms with E-state index in [0.717, 1.165) is 0 Å². The Hall–Kier alpha value is -2.02. The molecule has 0 aliphatic heterocycles. The van der Waals surface area contributed by atoms with Crippen LogP contribution in [-0.2, 0) is 17.8 Å². The van der Waals surface area contributed by atoms with Gasteiger partial charge in [0, 0.05) is 19.4 Å². The zero-order valence-corrected chi connectivity index (χ0v) is 9.85. The molecule has 0 radical (unpaired) electrons. The van der Waals surface area contributed by atoms with Gasteiger partial charge in [-0.2, -0.15) is 5.10 Å². The first-order valence-corrected chi connectivity index (χ1v) is 5.89. The molecule has 0 aliphatic rings. The van der Waals surface area contributed by atoms with Crippen molar-refractivity contribution >= 4 is 16.7 Å². The van der Waals surface area contributed by atoms with Crippen molar-refractivity contribution in [1.29, 1.82) is 0 Å². The van der Waals surface area contributed by atoms with Crippen LogP contribution in [0.2, 0.25) is 0 Å². The molecule has 2 rings (SSSR count). The molecule has 0 saturated heterocycles. The van der Waals surface area contributed by atoms with Crippen molar-refractivity contribution in [1.82, 2.24) is 14.8 Å². The molecule has 1 amide bonds. The molecular weight excluding hydrogens is 240 g/mol. The number of amides is 1. The zero-order valence-electron chi connectivity index (χ0n) is 9.03. The highest BCUT2D eigenvalue weighted by atomic mass is 32.2. The quantitative estimate of drug-likeness (QED) is 0.835. The number of aryl methyl sites for hydroxylation is 1. The number of pyridine rings is 1. The summed E-state index contributed by atoms with van der Waals surface area (Å²) in [5.74, 6) is -0.608. The summed E-state index contributed by atoms with van der Waals surface area (Å²) < 4.78 is 13.6. The van der Waals surface area contributed by atoms with Crippen LogP contribution in [-0.4, -0.2) is 24.9 Å². The van der Waals surface area contributed by atoms with E-state index in [1.165, 1.54) is 18.5 Å². The Balaban J connectivity index is 2.29. The molecule has 0 aromatic carbocycles. The monoisotopic (exact) mass is 250 g/mol. The van der Waals surface area contributed by atoms with Crippen molar-refractivity contribution in [2.45, 2.75) is 9.79 Å². The molecule has 0 bridgehead atoms. The predicted molar refractivity (Wildman–Crippen MR) is 60.6 cm³/mol. The predicted octanol–water partition coefficient (Wildman–Crippen LogP) is 0.0807. The van der Waals surface area contributed by atoms with Crippen LogP contribution in [0.1, 0.15) is 10.5 Å². The Kier molecular flexibility index (Phi) is 3.01. The van der Waals surface area contributed by atoms with Gasteiger partial charge in [-0.15, -0.1) is 0 Å². The molecular formula is C10H10N4O2S. The third-order valence-electron chi connectivity index (χ3n) is 2.10. The standard InChI is InChI=1S/C10H10N4O2S/c1-14-6-8(5-13-14)17(16)7-2-3-9(10(11)15)12-4-7/h2-6H,1H3,(H2,11,15). The second-order valence-corrected chi connectivity index (χ2v) is 4.84. The van der Waals surface area contributed by atoms with Crippen LogP contribution in [0.4, 0.5) is 0 Å². The largest absolute Gasteiger partial charge is 0.364 e. The van der Waals surface area contributed by atoms with Gasteiger partial charge in [-0.1, -0.05) is 0 Å². The Morgan fingerprint density at radius 1 is 1.35 bits per heavy atom. The van der Waals surface area contributed by atoms with Gasteiger partial charge in [-0.25, -0.2) is 9.19 Å². The fraction of sp³-hybridized carbons (Fsp3) is 0.100. The first kappa shape index (κ1) is 11.5. The number of rotatable bonds is 3. The molecule has 0 fully saturated rings. The van der Waals surface area contributed by atoms with E-state index in [1.54, 1.807) is 24.0 Å². The fourth-order valence-corrected chi connectivity index (χ4v) is 2.27. The smallest absolute Gasteiger partial charge is 0.267 e. The highest BCUT2D eigenvalue weighted by molar-refractivity contribution is 7.85. The van der Waals surface area contributed by atoms with E-state index in [9.17, 15) is 9.00 Å². The van der Waals surface area contributed by atoms with Crippen molar-refractivity contribution < 1.29 is 9.00 Å². The van der Waals surface area contributed by atoms with E-state index in [4.69, 9.17) is 5.73 Å². The summed E-state index contributed by atoms with van der Waals surface area (Å²) >= 11 is 0. The molecule has 2 N–H and O–H groups in total. The first-order chi connectivity index (χ1) is 8.08. The minimum absolute atomic E-state index is 0.150. The van der Waals surface area contributed by atoms with Gasteiger partial charge in [0.2, 0.25) is 0 Å². The molecule has 2 heterocycles. The van der Waals surface area contributed by atoms with Crippen molar-refractivity contribution in [3.63, 3.8) is 0 Å². The van der Waals surface area contributed by atoms with E-state index in [1.807, 2.05) is 0 Å². The topological polar surface area (TPSA) is 90.9 Å². The average Bonchev–Trinajstić information content (AvgIpc) is 2.75. The average molecular weight is 250 g/mol. The number of hydrogen-bond donors (Lipinski definition) is 1. The second kappa shape index (κ2) is 4.46. The van der Waals surface area contributed by atoms with E-state index in [2.05, 4.69) is 10.1 Å². The molecule has 0 spiro atoms. The van der Waals surface area contributed by atoms with E-state index in [-0.39, 0.29) is 5.69 Å². The molecule has 2 aromatic heterocycles. The molecule has 2 aromatic rings. The highest BCUT2D eigenvalue weighted by Gasteiger charge is 2.10. The number of carbonyl (C=O) groups excluding carboxylic acids is 1. The third kappa shape index (κ3) is 2.39. The molecule has 1 atom stereocenters. The highest BCUT2D eigenvalue weighted by Crippen LogP contribution is 2.14. The van der Waals surface area contributed by atoms with Crippen molar-refractivity contribution in [2.75, 3.05) is 0 Å². The first-order valence-electron chi connectivity index (χ1n) is 4.74. The van der Waals surface area contributed by atoms with Gasteiger partial charge in [0.25, 0.3) is 5.91 Å². The Bertz CT molecular complexity index is 576. The minimum atomic E-state index is -1.35. The Morgan fingerprint density at radius 3 is 2.59 bits per heavy atom. The van der Waals surface area contributed by atoms with Gasteiger partial charge in [0.05, 0.1) is 26.8 Å². The number of nitrogens with two attached hydrogens (primary N) is 1. The molecule has 7 heteroatoms. The summed E-state index contributed by atoms with van der Waals surface area (Å²) in [6, 6.07) is 3.02. The van der Waals surface area contributed by atoms with Crippen LogP contribution in [0.25, 0.3) is 0 Å². The van der Waals surface area contributed by atoms with Crippen LogP contribution in [0, 0.1) is 0 Å². The molecule has 17 heavy (non-hydrogen) atoms.